The molecule has 0 bridgehead atoms. The zero-order valence-corrected chi connectivity index (χ0v) is 16.2. The van der Waals surface area contributed by atoms with Crippen molar-refractivity contribution in [1.82, 2.24) is 10.2 Å². The summed E-state index contributed by atoms with van der Waals surface area (Å²) in [6, 6.07) is 8.67. The first-order valence-corrected chi connectivity index (χ1v) is 7.74. The van der Waals surface area contributed by atoms with Crippen LogP contribution < -0.4 is 5.32 Å². The molecule has 2 rings (SSSR count). The van der Waals surface area contributed by atoms with Crippen LogP contribution >= 0.6 is 24.0 Å². The van der Waals surface area contributed by atoms with Crippen LogP contribution in [0.3, 0.4) is 0 Å². The Hall–Kier alpha value is -0.820. The van der Waals surface area contributed by atoms with Crippen molar-refractivity contribution < 1.29 is 4.74 Å². The van der Waals surface area contributed by atoms with E-state index in [9.17, 15) is 0 Å². The summed E-state index contributed by atoms with van der Waals surface area (Å²) in [5, 5.41) is 3.45. The molecule has 1 atom stereocenters. The van der Waals surface area contributed by atoms with Gasteiger partial charge < -0.3 is 15.0 Å². The molecule has 1 aliphatic heterocycles. The zero-order chi connectivity index (χ0) is 15.1. The summed E-state index contributed by atoms with van der Waals surface area (Å²) in [6.45, 7) is 5.82. The van der Waals surface area contributed by atoms with Gasteiger partial charge in [-0.3, -0.25) is 4.99 Å². The van der Waals surface area contributed by atoms with Crippen molar-refractivity contribution in [1.29, 1.82) is 0 Å². The SMILES string of the molecule is CN=C(NCCc1cccc(C)c1)N(C)CC1CCOC1.I. The molecular weight excluding hydrogens is 389 g/mol. The van der Waals surface area contributed by atoms with E-state index >= 15 is 0 Å². The highest BCUT2D eigenvalue weighted by Gasteiger charge is 2.18. The predicted molar refractivity (Wildman–Crippen MR) is 103 cm³/mol. The van der Waals surface area contributed by atoms with Gasteiger partial charge >= 0.3 is 0 Å². The van der Waals surface area contributed by atoms with Crippen LogP contribution in [0.5, 0.6) is 0 Å². The van der Waals surface area contributed by atoms with Gasteiger partial charge in [-0.05, 0) is 25.3 Å². The molecule has 1 aromatic carbocycles. The molecule has 0 aliphatic carbocycles. The molecule has 1 aliphatic rings. The number of benzene rings is 1. The molecule has 0 spiro atoms. The van der Waals surface area contributed by atoms with E-state index in [0.717, 1.165) is 45.1 Å². The van der Waals surface area contributed by atoms with E-state index in [1.54, 1.807) is 0 Å². The van der Waals surface area contributed by atoms with Gasteiger partial charge in [0.05, 0.1) is 6.61 Å². The molecule has 0 saturated carbocycles. The lowest BCUT2D eigenvalue weighted by atomic mass is 10.1. The van der Waals surface area contributed by atoms with Crippen molar-refractivity contribution in [2.75, 3.05) is 40.4 Å². The fraction of sp³-hybridized carbons (Fsp3) is 0.588. The van der Waals surface area contributed by atoms with E-state index in [2.05, 4.69) is 53.4 Å². The van der Waals surface area contributed by atoms with Gasteiger partial charge in [0, 0.05) is 39.7 Å². The largest absolute Gasteiger partial charge is 0.381 e. The second-order valence-corrected chi connectivity index (χ2v) is 5.82. The van der Waals surface area contributed by atoms with E-state index in [1.165, 1.54) is 11.1 Å². The summed E-state index contributed by atoms with van der Waals surface area (Å²) in [7, 11) is 3.94. The van der Waals surface area contributed by atoms with Gasteiger partial charge in [-0.25, -0.2) is 0 Å². The highest BCUT2D eigenvalue weighted by atomic mass is 127. The third kappa shape index (κ3) is 6.12. The van der Waals surface area contributed by atoms with Crippen molar-refractivity contribution in [3.05, 3.63) is 35.4 Å². The Labute approximate surface area is 151 Å². The van der Waals surface area contributed by atoms with E-state index in [-0.39, 0.29) is 24.0 Å². The molecule has 22 heavy (non-hydrogen) atoms. The zero-order valence-electron chi connectivity index (χ0n) is 13.8. The van der Waals surface area contributed by atoms with Crippen LogP contribution in [0.2, 0.25) is 0 Å². The van der Waals surface area contributed by atoms with Gasteiger partial charge in [-0.15, -0.1) is 24.0 Å². The minimum absolute atomic E-state index is 0. The highest BCUT2D eigenvalue weighted by molar-refractivity contribution is 14.0. The minimum atomic E-state index is 0. The second-order valence-electron chi connectivity index (χ2n) is 5.82. The van der Waals surface area contributed by atoms with Crippen molar-refractivity contribution in [2.24, 2.45) is 10.9 Å². The number of nitrogens with one attached hydrogen (secondary N) is 1. The van der Waals surface area contributed by atoms with Crippen molar-refractivity contribution in [3.63, 3.8) is 0 Å². The topological polar surface area (TPSA) is 36.9 Å². The molecule has 1 aromatic rings. The Bertz CT molecular complexity index is 473. The molecule has 0 aromatic heterocycles. The maximum Gasteiger partial charge on any atom is 0.193 e. The van der Waals surface area contributed by atoms with E-state index in [1.807, 2.05) is 7.05 Å². The van der Waals surface area contributed by atoms with Gasteiger partial charge in [-0.2, -0.15) is 0 Å². The number of aryl methyl sites for hydroxylation is 1. The fourth-order valence-electron chi connectivity index (χ4n) is 2.77. The number of hydrogen-bond acceptors (Lipinski definition) is 2. The average Bonchev–Trinajstić information content (AvgIpc) is 2.96. The molecule has 1 fully saturated rings. The molecule has 1 unspecified atom stereocenters. The average molecular weight is 417 g/mol. The number of rotatable bonds is 5. The maximum atomic E-state index is 5.43. The van der Waals surface area contributed by atoms with Crippen LogP contribution in [-0.2, 0) is 11.2 Å². The van der Waals surface area contributed by atoms with Crippen LogP contribution in [0.25, 0.3) is 0 Å². The molecule has 124 valence electrons. The Morgan fingerprint density at radius 1 is 1.45 bits per heavy atom. The minimum Gasteiger partial charge on any atom is -0.381 e. The number of guanidine groups is 1. The Balaban J connectivity index is 0.00000242. The number of aliphatic imine (C=N–C) groups is 1. The molecule has 1 N–H and O–H groups in total. The van der Waals surface area contributed by atoms with Crippen molar-refractivity contribution in [3.8, 4) is 0 Å². The third-order valence-electron chi connectivity index (χ3n) is 3.91. The molecule has 0 amide bonds. The number of nitrogens with zero attached hydrogens (tertiary/aromatic N) is 2. The summed E-state index contributed by atoms with van der Waals surface area (Å²) >= 11 is 0. The fourth-order valence-corrected chi connectivity index (χ4v) is 2.77. The highest BCUT2D eigenvalue weighted by Crippen LogP contribution is 2.13. The summed E-state index contributed by atoms with van der Waals surface area (Å²) in [5.41, 5.74) is 2.68. The van der Waals surface area contributed by atoms with Crippen LogP contribution in [0.15, 0.2) is 29.3 Å². The lowest BCUT2D eigenvalue weighted by molar-refractivity contribution is 0.181. The van der Waals surface area contributed by atoms with Gasteiger partial charge in [0.2, 0.25) is 0 Å². The van der Waals surface area contributed by atoms with Gasteiger partial charge in [0.15, 0.2) is 5.96 Å². The Morgan fingerprint density at radius 3 is 2.91 bits per heavy atom. The molecular formula is C17H28IN3O. The van der Waals surface area contributed by atoms with Crippen LogP contribution in [0.4, 0.5) is 0 Å². The quantitative estimate of drug-likeness (QED) is 0.455. The van der Waals surface area contributed by atoms with E-state index in [4.69, 9.17) is 4.74 Å². The first kappa shape index (κ1) is 19.2. The summed E-state index contributed by atoms with van der Waals surface area (Å²) in [4.78, 5) is 6.57. The molecule has 1 heterocycles. The van der Waals surface area contributed by atoms with Gasteiger partial charge in [-0.1, -0.05) is 29.8 Å². The normalized spacial score (nSPS) is 18.0. The van der Waals surface area contributed by atoms with E-state index < -0.39 is 0 Å². The standard InChI is InChI=1S/C17H27N3O.HI/c1-14-5-4-6-15(11-14)7-9-19-17(18-2)20(3)12-16-8-10-21-13-16;/h4-6,11,16H,7-10,12-13H2,1-3H3,(H,18,19);1H. The third-order valence-corrected chi connectivity index (χ3v) is 3.91. The first-order chi connectivity index (χ1) is 10.2. The predicted octanol–water partition coefficient (Wildman–Crippen LogP) is 2.70. The summed E-state index contributed by atoms with van der Waals surface area (Å²) in [5.74, 6) is 1.60. The number of ether oxygens (including phenoxy) is 1. The van der Waals surface area contributed by atoms with Crippen LogP contribution in [0, 0.1) is 12.8 Å². The van der Waals surface area contributed by atoms with Gasteiger partial charge in [0.1, 0.15) is 0 Å². The molecule has 4 nitrogen and oxygen atoms in total. The smallest absolute Gasteiger partial charge is 0.193 e. The monoisotopic (exact) mass is 417 g/mol. The summed E-state index contributed by atoms with van der Waals surface area (Å²) in [6.07, 6.45) is 2.17. The molecule has 5 heteroatoms. The van der Waals surface area contributed by atoms with Crippen molar-refractivity contribution in [2.45, 2.75) is 19.8 Å². The van der Waals surface area contributed by atoms with Crippen molar-refractivity contribution >= 4 is 29.9 Å². The Morgan fingerprint density at radius 2 is 2.27 bits per heavy atom. The summed E-state index contributed by atoms with van der Waals surface area (Å²) < 4.78 is 5.43. The second kappa shape index (κ2) is 10.0. The number of hydrogen-bond donors (Lipinski definition) is 1. The van der Waals surface area contributed by atoms with Gasteiger partial charge in [0.25, 0.3) is 0 Å². The van der Waals surface area contributed by atoms with Crippen LogP contribution in [0.1, 0.15) is 17.5 Å². The molecule has 0 radical (unpaired) electrons. The lowest BCUT2D eigenvalue weighted by Crippen LogP contribution is -2.42. The first-order valence-electron chi connectivity index (χ1n) is 7.74. The Kier molecular flexibility index (Phi) is 8.78. The lowest BCUT2D eigenvalue weighted by Gasteiger charge is -2.24. The van der Waals surface area contributed by atoms with Crippen LogP contribution in [-0.4, -0.2) is 51.3 Å². The van der Waals surface area contributed by atoms with E-state index in [0.29, 0.717) is 5.92 Å². The molecule has 1 saturated heterocycles. The number of halogens is 1. The maximum absolute atomic E-state index is 5.43.